The van der Waals surface area contributed by atoms with Gasteiger partial charge >= 0.3 is 12.4 Å². The monoisotopic (exact) mass is 250 g/mol. The van der Waals surface area contributed by atoms with Gasteiger partial charge in [-0.25, -0.2) is 0 Å². The number of hydrogen-bond acceptors (Lipinski definition) is 3. The molecule has 0 aromatic heterocycles. The fraction of sp³-hybridized carbons (Fsp3) is 0.833. The molecule has 0 aliphatic heterocycles. The average Bonchev–Trinajstić information content (AvgIpc) is 1.98. The Balaban J connectivity index is 5.61. The molecule has 0 atom stereocenters. The van der Waals surface area contributed by atoms with Crippen LogP contribution in [0.2, 0.25) is 0 Å². The first kappa shape index (κ1) is 14.5. The Labute approximate surface area is 84.6 Å². The van der Waals surface area contributed by atoms with Crippen LogP contribution in [0.3, 0.4) is 0 Å². The first-order chi connectivity index (χ1) is 6.98. The first-order valence-corrected chi connectivity index (χ1v) is 3.60. The standard InChI is InChI=1S/C6H4F6N2O2/c7-5(8,9)4(1-2-13,3-14(15)16)6(10,11)12/h1,3H2. The van der Waals surface area contributed by atoms with Crippen LogP contribution in [0, 0.1) is 26.9 Å². The topological polar surface area (TPSA) is 66.9 Å². The van der Waals surface area contributed by atoms with Gasteiger partial charge in [0.2, 0.25) is 12.0 Å². The van der Waals surface area contributed by atoms with E-state index in [1.807, 2.05) is 0 Å². The van der Waals surface area contributed by atoms with Gasteiger partial charge in [0.1, 0.15) is 0 Å². The van der Waals surface area contributed by atoms with Crippen LogP contribution in [0.25, 0.3) is 0 Å². The fourth-order valence-electron chi connectivity index (χ4n) is 0.952. The van der Waals surface area contributed by atoms with E-state index in [9.17, 15) is 36.5 Å². The Morgan fingerprint density at radius 1 is 1.12 bits per heavy atom. The molecule has 0 aromatic rings. The van der Waals surface area contributed by atoms with Gasteiger partial charge in [0.05, 0.1) is 12.5 Å². The van der Waals surface area contributed by atoms with Crippen LogP contribution in [0.1, 0.15) is 6.42 Å². The minimum atomic E-state index is -5.91. The number of rotatable bonds is 3. The molecule has 0 unspecified atom stereocenters. The van der Waals surface area contributed by atoms with Crippen molar-refractivity contribution in [1.29, 1.82) is 5.26 Å². The summed E-state index contributed by atoms with van der Waals surface area (Å²) >= 11 is 0. The number of hydrogen-bond donors (Lipinski definition) is 0. The van der Waals surface area contributed by atoms with Gasteiger partial charge < -0.3 is 0 Å². The summed E-state index contributed by atoms with van der Waals surface area (Å²) in [7, 11) is 0. The van der Waals surface area contributed by atoms with Crippen molar-refractivity contribution in [1.82, 2.24) is 0 Å². The van der Waals surface area contributed by atoms with Crippen LogP contribution >= 0.6 is 0 Å². The molecule has 0 radical (unpaired) electrons. The van der Waals surface area contributed by atoms with Crippen molar-refractivity contribution >= 4 is 0 Å². The minimum Gasteiger partial charge on any atom is -0.265 e. The second-order valence-corrected chi connectivity index (χ2v) is 2.90. The third kappa shape index (κ3) is 2.53. The molecule has 0 fully saturated rings. The van der Waals surface area contributed by atoms with Gasteiger partial charge in [-0.15, -0.1) is 0 Å². The Hall–Kier alpha value is -1.53. The molecular formula is C6H4F6N2O2. The van der Waals surface area contributed by atoms with E-state index in [1.165, 1.54) is 0 Å². The molecule has 0 heterocycles. The lowest BCUT2D eigenvalue weighted by molar-refractivity contribution is -0.530. The molecule has 0 amide bonds. The van der Waals surface area contributed by atoms with Crippen molar-refractivity contribution in [3.63, 3.8) is 0 Å². The Kier molecular flexibility index (Phi) is 3.75. The Bertz CT molecular complexity index is 300. The molecule has 0 saturated heterocycles. The Morgan fingerprint density at radius 2 is 1.50 bits per heavy atom. The molecule has 0 bridgehead atoms. The highest BCUT2D eigenvalue weighted by atomic mass is 19.4. The zero-order valence-electron chi connectivity index (χ0n) is 7.39. The van der Waals surface area contributed by atoms with Crippen LogP contribution in [-0.2, 0) is 0 Å². The van der Waals surface area contributed by atoms with E-state index in [1.54, 1.807) is 0 Å². The van der Waals surface area contributed by atoms with Gasteiger partial charge in [-0.1, -0.05) is 0 Å². The summed E-state index contributed by atoms with van der Waals surface area (Å²) in [5, 5.41) is 17.8. The molecule has 10 heteroatoms. The number of nitrogens with zero attached hydrogens (tertiary/aromatic N) is 2. The van der Waals surface area contributed by atoms with Crippen molar-refractivity contribution in [2.45, 2.75) is 18.8 Å². The van der Waals surface area contributed by atoms with Crippen molar-refractivity contribution in [2.75, 3.05) is 6.54 Å². The van der Waals surface area contributed by atoms with E-state index in [2.05, 4.69) is 0 Å². The fourth-order valence-corrected chi connectivity index (χ4v) is 0.952. The number of alkyl halides is 6. The molecule has 0 aliphatic rings. The minimum absolute atomic E-state index is 0.683. The Morgan fingerprint density at radius 3 is 1.69 bits per heavy atom. The molecule has 4 nitrogen and oxygen atoms in total. The number of nitriles is 1. The van der Waals surface area contributed by atoms with Crippen molar-refractivity contribution in [3.8, 4) is 6.07 Å². The number of halogens is 6. The quantitative estimate of drug-likeness (QED) is 0.438. The largest absolute Gasteiger partial charge is 0.410 e. The van der Waals surface area contributed by atoms with E-state index in [0.717, 1.165) is 0 Å². The molecular weight excluding hydrogens is 246 g/mol. The molecule has 0 aromatic carbocycles. The maximum absolute atomic E-state index is 12.2. The van der Waals surface area contributed by atoms with E-state index in [0.29, 0.717) is 6.07 Å². The van der Waals surface area contributed by atoms with Crippen LogP contribution in [0.4, 0.5) is 26.3 Å². The number of nitro groups is 1. The van der Waals surface area contributed by atoms with Gasteiger partial charge in [0.25, 0.3) is 0 Å². The van der Waals surface area contributed by atoms with Gasteiger partial charge in [-0.3, -0.25) is 10.1 Å². The maximum Gasteiger partial charge on any atom is 0.410 e. The van der Waals surface area contributed by atoms with Crippen molar-refractivity contribution < 1.29 is 31.3 Å². The highest BCUT2D eigenvalue weighted by molar-refractivity contribution is 4.99. The second-order valence-electron chi connectivity index (χ2n) is 2.90. The summed E-state index contributed by atoms with van der Waals surface area (Å²) in [6, 6.07) is 0.683. The molecule has 0 rings (SSSR count). The summed E-state index contributed by atoms with van der Waals surface area (Å²) in [5.41, 5.74) is -4.61. The van der Waals surface area contributed by atoms with E-state index >= 15 is 0 Å². The van der Waals surface area contributed by atoms with Gasteiger partial charge in [-0.2, -0.15) is 31.6 Å². The van der Waals surface area contributed by atoms with Gasteiger partial charge in [-0.05, 0) is 0 Å². The third-order valence-electron chi connectivity index (χ3n) is 1.87. The summed E-state index contributed by atoms with van der Waals surface area (Å²) < 4.78 is 73.5. The maximum atomic E-state index is 12.2. The average molecular weight is 250 g/mol. The smallest absolute Gasteiger partial charge is 0.265 e. The summed E-state index contributed by atoms with van der Waals surface area (Å²) in [5.74, 6) is 0. The van der Waals surface area contributed by atoms with E-state index in [-0.39, 0.29) is 0 Å². The SMILES string of the molecule is N#CCC(C[N+](=O)[O-])(C(F)(F)F)C(F)(F)F. The molecule has 0 spiro atoms. The van der Waals surface area contributed by atoms with Crippen molar-refractivity contribution in [3.05, 3.63) is 10.1 Å². The van der Waals surface area contributed by atoms with Gasteiger partial charge in [0, 0.05) is 4.92 Å². The van der Waals surface area contributed by atoms with Gasteiger partial charge in [0.15, 0.2) is 0 Å². The highest BCUT2D eigenvalue weighted by Crippen LogP contribution is 2.52. The first-order valence-electron chi connectivity index (χ1n) is 3.60. The third-order valence-corrected chi connectivity index (χ3v) is 1.87. The molecule has 0 saturated carbocycles. The second kappa shape index (κ2) is 4.15. The summed E-state index contributed by atoms with van der Waals surface area (Å²) in [6.45, 7) is -2.41. The lowest BCUT2D eigenvalue weighted by Crippen LogP contribution is -2.54. The zero-order valence-corrected chi connectivity index (χ0v) is 7.39. The van der Waals surface area contributed by atoms with Crippen LogP contribution in [0.15, 0.2) is 0 Å². The van der Waals surface area contributed by atoms with E-state index in [4.69, 9.17) is 5.26 Å². The lowest BCUT2D eigenvalue weighted by Gasteiger charge is -2.31. The predicted molar refractivity (Wildman–Crippen MR) is 36.6 cm³/mol. The van der Waals surface area contributed by atoms with Crippen LogP contribution < -0.4 is 0 Å². The van der Waals surface area contributed by atoms with E-state index < -0.39 is 35.7 Å². The lowest BCUT2D eigenvalue weighted by atomic mass is 9.83. The van der Waals surface area contributed by atoms with Crippen LogP contribution in [-0.4, -0.2) is 23.8 Å². The molecule has 16 heavy (non-hydrogen) atoms. The van der Waals surface area contributed by atoms with Crippen molar-refractivity contribution in [2.24, 2.45) is 5.41 Å². The normalized spacial score (nSPS) is 13.3. The molecule has 92 valence electrons. The zero-order chi connectivity index (χ0) is 13.2. The highest BCUT2D eigenvalue weighted by Gasteiger charge is 2.73. The van der Waals surface area contributed by atoms with Crippen LogP contribution in [0.5, 0.6) is 0 Å². The molecule has 0 aliphatic carbocycles. The molecule has 0 N–H and O–H groups in total. The predicted octanol–water partition coefficient (Wildman–Crippen LogP) is 2.29. The summed E-state index contributed by atoms with van der Waals surface area (Å²) in [6.07, 6.45) is -13.9. The summed E-state index contributed by atoms with van der Waals surface area (Å²) in [4.78, 5) is 8.14.